The van der Waals surface area contributed by atoms with E-state index in [0.717, 1.165) is 32.2 Å². The van der Waals surface area contributed by atoms with E-state index in [0.29, 0.717) is 37.9 Å². The third-order valence-electron chi connectivity index (χ3n) is 8.91. The largest absolute Gasteiger partial charge is 0.468 e. The number of hydrogen-bond donors (Lipinski definition) is 1. The number of carbonyl (C=O) groups excluding carboxylic acids is 5. The Morgan fingerprint density at radius 1 is 0.585 bits per heavy atom. The number of hydrogen-bond acceptors (Lipinski definition) is 13. The number of methoxy groups -OCH3 is 3. The summed E-state index contributed by atoms with van der Waals surface area (Å²) in [4.78, 5) is 66.3. The number of nitrogens with zero attached hydrogens (tertiary/aromatic N) is 4. The third-order valence-corrected chi connectivity index (χ3v) is 8.91. The normalized spacial score (nSPS) is 24.4. The highest BCUT2D eigenvalue weighted by Crippen LogP contribution is 2.25. The fourth-order valence-electron chi connectivity index (χ4n) is 5.96. The van der Waals surface area contributed by atoms with E-state index in [2.05, 4.69) is 40.9 Å². The van der Waals surface area contributed by atoms with Gasteiger partial charge in [-0.1, -0.05) is 21.8 Å². The van der Waals surface area contributed by atoms with Crippen molar-refractivity contribution >= 4 is 30.1 Å². The summed E-state index contributed by atoms with van der Waals surface area (Å²) in [5, 5.41) is 3.18. The molecule has 15 heteroatoms. The van der Waals surface area contributed by atoms with E-state index in [-0.39, 0.29) is 44.8 Å². The average Bonchev–Trinajstić information content (AvgIpc) is 3.05. The highest BCUT2D eigenvalue weighted by Gasteiger charge is 2.40. The van der Waals surface area contributed by atoms with Gasteiger partial charge in [0.15, 0.2) is 0 Å². The Bertz CT molecular complexity index is 1130. The number of likely N-dealkylation sites (tertiary alicyclic amines) is 2. The fraction of sp³-hybridized carbons (Fsp3) is 0.868. The van der Waals surface area contributed by atoms with Gasteiger partial charge in [-0.3, -0.25) is 14.6 Å². The van der Waals surface area contributed by atoms with Gasteiger partial charge in [0.1, 0.15) is 29.3 Å². The number of rotatable bonds is 5. The van der Waals surface area contributed by atoms with E-state index in [1.165, 1.54) is 31.1 Å². The third kappa shape index (κ3) is 18.1. The minimum atomic E-state index is -0.581. The first-order valence-corrected chi connectivity index (χ1v) is 17.8. The van der Waals surface area contributed by atoms with Gasteiger partial charge >= 0.3 is 30.1 Å². The summed E-state index contributed by atoms with van der Waals surface area (Å²) >= 11 is 0. The lowest BCUT2D eigenvalue weighted by molar-refractivity contribution is -0.149. The van der Waals surface area contributed by atoms with Crippen molar-refractivity contribution in [2.75, 3.05) is 69.2 Å². The van der Waals surface area contributed by atoms with Gasteiger partial charge in [0.25, 0.3) is 0 Å². The first-order chi connectivity index (χ1) is 23.5. The Balaban J connectivity index is 0. The average molecular weight is 762 g/mol. The van der Waals surface area contributed by atoms with Crippen LogP contribution in [0.4, 0.5) is 9.59 Å². The molecular weight excluding hydrogens is 686 g/mol. The molecular formula is C38H75N5O10. The van der Waals surface area contributed by atoms with Crippen LogP contribution >= 0.6 is 0 Å². The fourth-order valence-corrected chi connectivity index (χ4v) is 5.96. The van der Waals surface area contributed by atoms with E-state index in [1.54, 1.807) is 0 Å². The predicted octanol–water partition coefficient (Wildman–Crippen LogP) is 4.80. The van der Waals surface area contributed by atoms with Crippen molar-refractivity contribution in [1.29, 1.82) is 0 Å². The van der Waals surface area contributed by atoms with E-state index in [4.69, 9.17) is 18.9 Å². The van der Waals surface area contributed by atoms with Crippen LogP contribution in [0.1, 0.15) is 102 Å². The van der Waals surface area contributed by atoms with Gasteiger partial charge in [0.05, 0.1) is 21.3 Å². The Morgan fingerprint density at radius 2 is 0.981 bits per heavy atom. The zero-order chi connectivity index (χ0) is 39.3. The van der Waals surface area contributed by atoms with Crippen LogP contribution in [0.2, 0.25) is 0 Å². The second-order valence-electron chi connectivity index (χ2n) is 15.9. The summed E-state index contributed by atoms with van der Waals surface area (Å²) in [6.45, 7) is 14.8. The molecule has 0 unspecified atom stereocenters. The molecule has 3 fully saturated rings. The smallest absolute Gasteiger partial charge is 0.411 e. The summed E-state index contributed by atoms with van der Waals surface area (Å²) < 4.78 is 24.9. The molecule has 0 radical (unpaired) electrons. The SMILES string of the molecule is C.C.COC(=O)[C@@H]1CC[C@@H](N(C)C)CN1.COC(=O)[C@@H]1CC[C@@H](N(C)C)CN1C(=O)OC(C)(C)C.COC(=O)[C@@H]1CC[C@H](C)CN1C(=O)OC(C)(C)C. The molecule has 0 aromatic heterocycles. The maximum Gasteiger partial charge on any atom is 0.411 e. The summed E-state index contributed by atoms with van der Waals surface area (Å²) in [5.74, 6) is -0.517. The summed E-state index contributed by atoms with van der Waals surface area (Å²) in [7, 11) is 12.2. The molecule has 0 spiro atoms. The molecule has 0 aromatic carbocycles. The quantitative estimate of drug-likeness (QED) is 0.302. The number of amides is 2. The lowest BCUT2D eigenvalue weighted by Gasteiger charge is -2.40. The first-order valence-electron chi connectivity index (χ1n) is 17.8. The zero-order valence-corrected chi connectivity index (χ0v) is 33.7. The van der Waals surface area contributed by atoms with Gasteiger partial charge in [0.2, 0.25) is 0 Å². The van der Waals surface area contributed by atoms with Crippen molar-refractivity contribution in [1.82, 2.24) is 24.9 Å². The Morgan fingerprint density at radius 3 is 1.34 bits per heavy atom. The molecule has 2 amide bonds. The molecule has 53 heavy (non-hydrogen) atoms. The van der Waals surface area contributed by atoms with Crippen LogP contribution in [0, 0.1) is 5.92 Å². The van der Waals surface area contributed by atoms with Gasteiger partial charge < -0.3 is 38.8 Å². The number of ether oxygens (including phenoxy) is 5. The predicted molar refractivity (Wildman–Crippen MR) is 207 cm³/mol. The van der Waals surface area contributed by atoms with Crippen molar-refractivity contribution in [3.63, 3.8) is 0 Å². The molecule has 3 heterocycles. The Hall–Kier alpha value is -3.17. The van der Waals surface area contributed by atoms with Crippen molar-refractivity contribution in [3.05, 3.63) is 0 Å². The highest BCUT2D eigenvalue weighted by atomic mass is 16.6. The summed E-state index contributed by atoms with van der Waals surface area (Å²) in [6, 6.07) is -0.391. The number of carbonyl (C=O) groups is 5. The first kappa shape index (κ1) is 51.9. The van der Waals surface area contributed by atoms with Gasteiger partial charge in [-0.2, -0.15) is 0 Å². The number of piperidine rings is 3. The van der Waals surface area contributed by atoms with Crippen molar-refractivity contribution in [2.24, 2.45) is 5.92 Å². The number of esters is 3. The second-order valence-corrected chi connectivity index (χ2v) is 15.9. The molecule has 3 rings (SSSR count). The van der Waals surface area contributed by atoms with Crippen LogP contribution in [0.3, 0.4) is 0 Å². The van der Waals surface area contributed by atoms with Crippen molar-refractivity contribution < 1.29 is 47.7 Å². The van der Waals surface area contributed by atoms with Gasteiger partial charge in [-0.05, 0) is 114 Å². The lowest BCUT2D eigenvalue weighted by Crippen LogP contribution is -2.56. The van der Waals surface area contributed by atoms with Crippen LogP contribution in [0.15, 0.2) is 0 Å². The van der Waals surface area contributed by atoms with Crippen LogP contribution in [-0.4, -0.2) is 160 Å². The minimum absolute atomic E-state index is 0. The molecule has 0 bridgehead atoms. The maximum atomic E-state index is 12.3. The molecule has 3 saturated heterocycles. The van der Waals surface area contributed by atoms with Gasteiger partial charge in [-0.15, -0.1) is 0 Å². The topological polar surface area (TPSA) is 156 Å². The standard InChI is InChI=1S/C14H26N2O4.C13H23NO4.C9H18N2O2.2CH4/c1-14(2,3)20-13(18)16-9-10(15(4)5)7-8-11(16)12(17)19-6;1-9-6-7-10(11(15)17-5)14(8-9)12(16)18-13(2,3)4;1-11(2)7-4-5-8(10-6-7)9(12)13-3;;/h10-11H,7-9H2,1-6H3;9-10H,6-8H2,1-5H3;7-8,10H,4-6H2,1-3H3;2*1H4/t10-,11+;9-,10-;7-,8+;;/m101../s1. The van der Waals surface area contributed by atoms with Crippen molar-refractivity contribution in [3.8, 4) is 0 Å². The van der Waals surface area contributed by atoms with Crippen LogP contribution in [0.5, 0.6) is 0 Å². The van der Waals surface area contributed by atoms with E-state index >= 15 is 0 Å². The molecule has 15 nitrogen and oxygen atoms in total. The monoisotopic (exact) mass is 762 g/mol. The Labute approximate surface area is 320 Å². The highest BCUT2D eigenvalue weighted by molar-refractivity contribution is 5.82. The molecule has 0 aromatic rings. The summed E-state index contributed by atoms with van der Waals surface area (Å²) in [6.07, 6.45) is 4.02. The second kappa shape index (κ2) is 23.6. The molecule has 0 saturated carbocycles. The van der Waals surface area contributed by atoms with E-state index in [1.807, 2.05) is 55.6 Å². The zero-order valence-electron chi connectivity index (χ0n) is 33.7. The molecule has 3 aliphatic rings. The minimum Gasteiger partial charge on any atom is -0.468 e. The number of likely N-dealkylation sites (N-methyl/N-ethyl adjacent to an activating group) is 2. The van der Waals surface area contributed by atoms with Crippen LogP contribution in [-0.2, 0) is 38.1 Å². The number of nitrogens with one attached hydrogen (secondary N) is 1. The van der Waals surface area contributed by atoms with Gasteiger partial charge in [0, 0.05) is 31.7 Å². The van der Waals surface area contributed by atoms with E-state index in [9.17, 15) is 24.0 Å². The molecule has 312 valence electrons. The Kier molecular flexibility index (Phi) is 23.1. The molecule has 0 aliphatic carbocycles. The van der Waals surface area contributed by atoms with Crippen LogP contribution in [0.25, 0.3) is 0 Å². The molecule has 6 atom stereocenters. The van der Waals surface area contributed by atoms with E-state index < -0.39 is 35.5 Å². The van der Waals surface area contributed by atoms with Crippen molar-refractivity contribution in [2.45, 2.75) is 143 Å². The molecule has 1 N–H and O–H groups in total. The maximum absolute atomic E-state index is 12.3. The summed E-state index contributed by atoms with van der Waals surface area (Å²) in [5.41, 5.74) is -1.14. The lowest BCUT2D eigenvalue weighted by atomic mass is 9.94. The molecule has 3 aliphatic heterocycles. The van der Waals surface area contributed by atoms with Gasteiger partial charge in [-0.25, -0.2) is 19.2 Å². The van der Waals surface area contributed by atoms with Crippen LogP contribution < -0.4 is 5.32 Å².